The van der Waals surface area contributed by atoms with Crippen LogP contribution in [0.15, 0.2) is 53.7 Å². The van der Waals surface area contributed by atoms with Crippen molar-refractivity contribution in [1.29, 1.82) is 0 Å². The summed E-state index contributed by atoms with van der Waals surface area (Å²) >= 11 is 1.45. The van der Waals surface area contributed by atoms with E-state index in [-0.39, 0.29) is 6.61 Å². The summed E-state index contributed by atoms with van der Waals surface area (Å²) in [6, 6.07) is 15.3. The fraction of sp³-hybridized carbons (Fsp3) is 0.333. The maximum absolute atomic E-state index is 10.2. The van der Waals surface area contributed by atoms with Crippen molar-refractivity contribution in [3.05, 3.63) is 54.1 Å². The molecule has 1 atom stereocenters. The van der Waals surface area contributed by atoms with Gasteiger partial charge in [-0.2, -0.15) is 0 Å². The monoisotopic (exact) mass is 415 g/mol. The van der Waals surface area contributed by atoms with Crippen molar-refractivity contribution in [2.75, 3.05) is 26.6 Å². The van der Waals surface area contributed by atoms with Crippen LogP contribution in [0.3, 0.4) is 0 Å². The van der Waals surface area contributed by atoms with Crippen molar-refractivity contribution in [2.45, 2.75) is 17.9 Å². The van der Waals surface area contributed by atoms with Crippen molar-refractivity contribution in [3.63, 3.8) is 0 Å². The van der Waals surface area contributed by atoms with E-state index >= 15 is 0 Å². The van der Waals surface area contributed by atoms with Gasteiger partial charge in [-0.1, -0.05) is 23.9 Å². The van der Waals surface area contributed by atoms with Gasteiger partial charge < -0.3 is 23.9 Å². The molecule has 1 heterocycles. The highest BCUT2D eigenvalue weighted by molar-refractivity contribution is 7.99. The molecule has 3 aromatic rings. The van der Waals surface area contributed by atoms with Crippen LogP contribution in [0.4, 0.5) is 0 Å². The molecule has 0 amide bonds. The molecule has 154 valence electrons. The molecule has 0 aliphatic heterocycles. The first-order valence-electron chi connectivity index (χ1n) is 9.16. The summed E-state index contributed by atoms with van der Waals surface area (Å²) < 4.78 is 17.8. The van der Waals surface area contributed by atoms with E-state index in [1.54, 1.807) is 14.2 Å². The molecule has 0 aliphatic rings. The molecular weight excluding hydrogens is 390 g/mol. The molecule has 0 radical (unpaired) electrons. The molecule has 2 aromatic carbocycles. The van der Waals surface area contributed by atoms with E-state index in [4.69, 9.17) is 14.2 Å². The molecule has 0 saturated heterocycles. The molecule has 8 heteroatoms. The van der Waals surface area contributed by atoms with Gasteiger partial charge in [0.1, 0.15) is 11.5 Å². The standard InChI is InChI=1S/C21H25N3O4S/c1-24-20(16-6-10-19(27-3)11-7-16)22-23-21(24)29-14-17(25)13-28-12-15-4-8-18(26-2)9-5-15/h4-11,17,25H,12-14H2,1-3H3. The Morgan fingerprint density at radius 3 is 2.21 bits per heavy atom. The fourth-order valence-corrected chi connectivity index (χ4v) is 3.50. The van der Waals surface area contributed by atoms with Crippen LogP contribution < -0.4 is 9.47 Å². The number of aliphatic hydroxyl groups is 1. The molecular formula is C21H25N3O4S. The average molecular weight is 416 g/mol. The van der Waals surface area contributed by atoms with Crippen molar-refractivity contribution < 1.29 is 19.3 Å². The van der Waals surface area contributed by atoms with Gasteiger partial charge in [-0.05, 0) is 42.0 Å². The Balaban J connectivity index is 1.47. The zero-order valence-corrected chi connectivity index (χ0v) is 17.6. The Labute approximate surface area is 174 Å². The minimum atomic E-state index is -0.598. The number of benzene rings is 2. The summed E-state index contributed by atoms with van der Waals surface area (Å²) in [7, 11) is 5.18. The van der Waals surface area contributed by atoms with E-state index in [0.29, 0.717) is 12.4 Å². The summed E-state index contributed by atoms with van der Waals surface area (Å²) in [5.41, 5.74) is 1.99. The minimum Gasteiger partial charge on any atom is -0.497 e. The number of rotatable bonds is 10. The van der Waals surface area contributed by atoms with E-state index in [2.05, 4.69) is 10.2 Å². The zero-order valence-electron chi connectivity index (χ0n) is 16.7. The smallest absolute Gasteiger partial charge is 0.191 e. The lowest BCUT2D eigenvalue weighted by molar-refractivity contribution is 0.0397. The topological polar surface area (TPSA) is 78.6 Å². The second-order valence-electron chi connectivity index (χ2n) is 6.42. The molecule has 1 aromatic heterocycles. The Hall–Kier alpha value is -2.55. The third-order valence-corrected chi connectivity index (χ3v) is 5.49. The highest BCUT2D eigenvalue weighted by atomic mass is 32.2. The Bertz CT molecular complexity index is 897. The van der Waals surface area contributed by atoms with E-state index in [1.807, 2.05) is 60.1 Å². The number of nitrogens with zero attached hydrogens (tertiary/aromatic N) is 3. The number of hydrogen-bond acceptors (Lipinski definition) is 7. The number of hydrogen-bond donors (Lipinski definition) is 1. The highest BCUT2D eigenvalue weighted by Gasteiger charge is 2.13. The van der Waals surface area contributed by atoms with E-state index in [9.17, 15) is 5.11 Å². The van der Waals surface area contributed by atoms with Crippen LogP contribution in [0.1, 0.15) is 5.56 Å². The molecule has 7 nitrogen and oxygen atoms in total. The van der Waals surface area contributed by atoms with E-state index in [0.717, 1.165) is 33.6 Å². The predicted molar refractivity (Wildman–Crippen MR) is 112 cm³/mol. The third-order valence-electron chi connectivity index (χ3n) is 4.33. The van der Waals surface area contributed by atoms with Gasteiger partial charge in [0.2, 0.25) is 0 Å². The molecule has 1 unspecified atom stereocenters. The maximum atomic E-state index is 10.2. The number of thioether (sulfide) groups is 1. The van der Waals surface area contributed by atoms with Gasteiger partial charge in [0.15, 0.2) is 11.0 Å². The van der Waals surface area contributed by atoms with Gasteiger partial charge >= 0.3 is 0 Å². The summed E-state index contributed by atoms with van der Waals surface area (Å²) in [6.45, 7) is 0.694. The molecule has 0 saturated carbocycles. The van der Waals surface area contributed by atoms with Gasteiger partial charge in [0.05, 0.1) is 33.5 Å². The van der Waals surface area contributed by atoms with E-state index < -0.39 is 6.10 Å². The summed E-state index contributed by atoms with van der Waals surface area (Å²) in [5, 5.41) is 19.4. The molecule has 3 rings (SSSR count). The first-order chi connectivity index (χ1) is 14.1. The average Bonchev–Trinajstić information content (AvgIpc) is 3.13. The molecule has 0 aliphatic carbocycles. The zero-order chi connectivity index (χ0) is 20.6. The van der Waals surface area contributed by atoms with Crippen LogP contribution in [0.2, 0.25) is 0 Å². The van der Waals surface area contributed by atoms with Crippen LogP contribution in [0.5, 0.6) is 11.5 Å². The summed E-state index contributed by atoms with van der Waals surface area (Å²) in [4.78, 5) is 0. The van der Waals surface area contributed by atoms with Crippen molar-refractivity contribution in [3.8, 4) is 22.9 Å². The van der Waals surface area contributed by atoms with Gasteiger partial charge in [-0.25, -0.2) is 0 Å². The SMILES string of the molecule is COc1ccc(COCC(O)CSc2nnc(-c3ccc(OC)cc3)n2C)cc1. The van der Waals surface area contributed by atoms with Crippen molar-refractivity contribution >= 4 is 11.8 Å². The van der Waals surface area contributed by atoms with Gasteiger partial charge in [0.25, 0.3) is 0 Å². The fourth-order valence-electron chi connectivity index (χ4n) is 2.69. The molecule has 1 N–H and O–H groups in total. The normalized spacial score (nSPS) is 12.0. The molecule has 0 bridgehead atoms. The Morgan fingerprint density at radius 1 is 0.966 bits per heavy atom. The van der Waals surface area contributed by atoms with Crippen LogP contribution in [0.25, 0.3) is 11.4 Å². The minimum absolute atomic E-state index is 0.252. The third kappa shape index (κ3) is 5.72. The van der Waals surface area contributed by atoms with Crippen LogP contribution in [-0.4, -0.2) is 52.6 Å². The number of methoxy groups -OCH3 is 2. The second kappa shape index (κ2) is 10.3. The lowest BCUT2D eigenvalue weighted by Gasteiger charge is -2.11. The number of aromatic nitrogens is 3. The largest absolute Gasteiger partial charge is 0.497 e. The number of aliphatic hydroxyl groups excluding tert-OH is 1. The summed E-state index contributed by atoms with van der Waals surface area (Å²) in [6.07, 6.45) is -0.598. The molecule has 29 heavy (non-hydrogen) atoms. The Kier molecular flexibility index (Phi) is 7.51. The van der Waals surface area contributed by atoms with Crippen molar-refractivity contribution in [2.24, 2.45) is 7.05 Å². The van der Waals surface area contributed by atoms with Crippen LogP contribution >= 0.6 is 11.8 Å². The first kappa shape index (κ1) is 21.2. The second-order valence-corrected chi connectivity index (χ2v) is 7.41. The van der Waals surface area contributed by atoms with Crippen molar-refractivity contribution in [1.82, 2.24) is 14.8 Å². The van der Waals surface area contributed by atoms with Gasteiger partial charge in [-0.3, -0.25) is 0 Å². The van der Waals surface area contributed by atoms with E-state index in [1.165, 1.54) is 11.8 Å². The van der Waals surface area contributed by atoms with Gasteiger partial charge in [0, 0.05) is 18.4 Å². The van der Waals surface area contributed by atoms with Gasteiger partial charge in [-0.15, -0.1) is 10.2 Å². The number of ether oxygens (including phenoxy) is 3. The lowest BCUT2D eigenvalue weighted by Crippen LogP contribution is -2.18. The lowest BCUT2D eigenvalue weighted by atomic mass is 10.2. The first-order valence-corrected chi connectivity index (χ1v) is 10.1. The highest BCUT2D eigenvalue weighted by Crippen LogP contribution is 2.24. The predicted octanol–water partition coefficient (Wildman–Crippen LogP) is 3.17. The quantitative estimate of drug-likeness (QED) is 0.510. The van der Waals surface area contributed by atoms with Crippen LogP contribution in [-0.2, 0) is 18.4 Å². The Morgan fingerprint density at radius 2 is 1.59 bits per heavy atom. The maximum Gasteiger partial charge on any atom is 0.191 e. The molecule has 0 fully saturated rings. The molecule has 0 spiro atoms. The van der Waals surface area contributed by atoms with Crippen LogP contribution in [0, 0.1) is 0 Å². The summed E-state index contributed by atoms with van der Waals surface area (Å²) in [5.74, 6) is 2.84.